The van der Waals surface area contributed by atoms with Crippen LogP contribution in [0.1, 0.15) is 12.0 Å². The average molecular weight is 316 g/mol. The van der Waals surface area contributed by atoms with Crippen molar-refractivity contribution in [3.63, 3.8) is 0 Å². The van der Waals surface area contributed by atoms with Gasteiger partial charge >= 0.3 is 0 Å². The summed E-state index contributed by atoms with van der Waals surface area (Å²) in [6.07, 6.45) is 3.55. The van der Waals surface area contributed by atoms with E-state index in [9.17, 15) is 4.79 Å². The molecule has 0 unspecified atom stereocenters. The number of hydrogen-bond donors (Lipinski definition) is 1. The molecule has 0 aliphatic rings. The highest BCUT2D eigenvalue weighted by Gasteiger charge is 2.04. The van der Waals surface area contributed by atoms with Crippen LogP contribution >= 0.6 is 0 Å². The summed E-state index contributed by atoms with van der Waals surface area (Å²) in [4.78, 5) is 12.3. The summed E-state index contributed by atoms with van der Waals surface area (Å²) >= 11 is 0. The van der Waals surface area contributed by atoms with Crippen molar-refractivity contribution in [3.05, 3.63) is 64.6 Å². The van der Waals surface area contributed by atoms with Crippen LogP contribution in [-0.4, -0.2) is 30.9 Å². The molecular weight excluding hydrogens is 292 g/mol. The number of hydrogen-bond acceptors (Lipinski definition) is 4. The zero-order valence-corrected chi connectivity index (χ0v) is 13.3. The molecule has 0 radical (unpaired) electrons. The maximum atomic E-state index is 12.3. The highest BCUT2D eigenvalue weighted by molar-refractivity contribution is 5.17. The fraction of sp³-hybridized carbons (Fsp3) is 0.389. The predicted octanol–water partition coefficient (Wildman–Crippen LogP) is 1.84. The van der Waals surface area contributed by atoms with Crippen LogP contribution < -0.4 is 16.0 Å². The Morgan fingerprint density at radius 3 is 2.61 bits per heavy atom. The van der Waals surface area contributed by atoms with Gasteiger partial charge in [-0.1, -0.05) is 30.3 Å². The lowest BCUT2D eigenvalue weighted by atomic mass is 10.1. The van der Waals surface area contributed by atoms with Crippen LogP contribution in [0.2, 0.25) is 0 Å². The highest BCUT2D eigenvalue weighted by Crippen LogP contribution is 2.06. The molecule has 2 aromatic rings. The third-order valence-electron chi connectivity index (χ3n) is 3.43. The molecule has 2 rings (SSSR count). The molecule has 1 aromatic heterocycles. The number of nitrogens with two attached hydrogens (primary N) is 1. The Balaban J connectivity index is 1.79. The van der Waals surface area contributed by atoms with Crippen LogP contribution in [0.15, 0.2) is 53.5 Å². The Morgan fingerprint density at radius 2 is 1.83 bits per heavy atom. The van der Waals surface area contributed by atoms with Crippen LogP contribution in [-0.2, 0) is 17.7 Å². The SMILES string of the molecule is NCCOCCn1cccc(OCCCc2ccccc2)c1=O. The molecule has 124 valence electrons. The molecule has 5 heteroatoms. The first-order chi connectivity index (χ1) is 11.3. The van der Waals surface area contributed by atoms with Crippen LogP contribution in [0.3, 0.4) is 0 Å². The quantitative estimate of drug-likeness (QED) is 0.679. The van der Waals surface area contributed by atoms with Gasteiger partial charge in [-0.15, -0.1) is 0 Å². The maximum Gasteiger partial charge on any atom is 0.292 e. The van der Waals surface area contributed by atoms with Gasteiger partial charge < -0.3 is 19.8 Å². The Morgan fingerprint density at radius 1 is 1.00 bits per heavy atom. The molecule has 0 saturated heterocycles. The van der Waals surface area contributed by atoms with Crippen molar-refractivity contribution in [1.29, 1.82) is 0 Å². The minimum Gasteiger partial charge on any atom is -0.488 e. The van der Waals surface area contributed by atoms with Crippen LogP contribution in [0.5, 0.6) is 5.75 Å². The molecule has 0 atom stereocenters. The van der Waals surface area contributed by atoms with Crippen molar-refractivity contribution >= 4 is 0 Å². The third kappa shape index (κ3) is 5.88. The van der Waals surface area contributed by atoms with E-state index in [0.29, 0.717) is 38.7 Å². The predicted molar refractivity (Wildman–Crippen MR) is 90.8 cm³/mol. The zero-order valence-electron chi connectivity index (χ0n) is 13.3. The van der Waals surface area contributed by atoms with Gasteiger partial charge in [0.05, 0.1) is 19.8 Å². The average Bonchev–Trinajstić information content (AvgIpc) is 2.59. The second-order valence-electron chi connectivity index (χ2n) is 5.21. The largest absolute Gasteiger partial charge is 0.488 e. The van der Waals surface area contributed by atoms with E-state index in [1.165, 1.54) is 5.56 Å². The van der Waals surface area contributed by atoms with E-state index in [-0.39, 0.29) is 5.56 Å². The number of nitrogens with zero attached hydrogens (tertiary/aromatic N) is 1. The first kappa shape index (κ1) is 17.2. The van der Waals surface area contributed by atoms with Gasteiger partial charge in [0.15, 0.2) is 5.75 Å². The lowest BCUT2D eigenvalue weighted by Crippen LogP contribution is -2.24. The minimum absolute atomic E-state index is 0.122. The zero-order chi connectivity index (χ0) is 16.3. The number of pyridine rings is 1. The smallest absolute Gasteiger partial charge is 0.292 e. The molecule has 0 fully saturated rings. The summed E-state index contributed by atoms with van der Waals surface area (Å²) in [5.74, 6) is 0.388. The molecule has 23 heavy (non-hydrogen) atoms. The van der Waals surface area contributed by atoms with E-state index < -0.39 is 0 Å². The number of rotatable bonds is 10. The van der Waals surface area contributed by atoms with Crippen molar-refractivity contribution in [1.82, 2.24) is 4.57 Å². The normalized spacial score (nSPS) is 10.7. The topological polar surface area (TPSA) is 66.5 Å². The van der Waals surface area contributed by atoms with Crippen molar-refractivity contribution in [2.45, 2.75) is 19.4 Å². The summed E-state index contributed by atoms with van der Waals surface area (Å²) in [7, 11) is 0. The van der Waals surface area contributed by atoms with E-state index in [1.807, 2.05) is 24.3 Å². The van der Waals surface area contributed by atoms with Crippen molar-refractivity contribution in [2.75, 3.05) is 26.4 Å². The van der Waals surface area contributed by atoms with Gasteiger partial charge in [-0.05, 0) is 30.5 Å². The summed E-state index contributed by atoms with van der Waals surface area (Å²) in [6, 6.07) is 13.8. The fourth-order valence-electron chi connectivity index (χ4n) is 2.25. The van der Waals surface area contributed by atoms with Crippen LogP contribution in [0.4, 0.5) is 0 Å². The molecule has 0 amide bonds. The van der Waals surface area contributed by atoms with Crippen LogP contribution in [0, 0.1) is 0 Å². The molecule has 0 saturated carbocycles. The van der Waals surface area contributed by atoms with Gasteiger partial charge in [-0.2, -0.15) is 0 Å². The van der Waals surface area contributed by atoms with Crippen LogP contribution in [0.25, 0.3) is 0 Å². The van der Waals surface area contributed by atoms with Gasteiger partial charge in [0.25, 0.3) is 5.56 Å². The van der Waals surface area contributed by atoms with E-state index in [4.69, 9.17) is 15.2 Å². The fourth-order valence-corrected chi connectivity index (χ4v) is 2.25. The molecular formula is C18H24N2O3. The lowest BCUT2D eigenvalue weighted by Gasteiger charge is -2.10. The number of aryl methyl sites for hydroxylation is 1. The number of aromatic nitrogens is 1. The van der Waals surface area contributed by atoms with E-state index >= 15 is 0 Å². The third-order valence-corrected chi connectivity index (χ3v) is 3.43. The van der Waals surface area contributed by atoms with Crippen molar-refractivity contribution in [3.8, 4) is 5.75 Å². The molecule has 0 aliphatic heterocycles. The Bertz CT molecular complexity index is 626. The molecule has 2 N–H and O–H groups in total. The molecule has 0 aliphatic carbocycles. The number of benzene rings is 1. The summed E-state index contributed by atoms with van der Waals surface area (Å²) < 4.78 is 12.5. The van der Waals surface area contributed by atoms with Gasteiger partial charge in [-0.25, -0.2) is 0 Å². The molecule has 5 nitrogen and oxygen atoms in total. The van der Waals surface area contributed by atoms with Gasteiger partial charge in [0.1, 0.15) is 0 Å². The van der Waals surface area contributed by atoms with Crippen molar-refractivity contribution < 1.29 is 9.47 Å². The Kier molecular flexibility index (Phi) is 7.36. The Labute approximate surface area is 136 Å². The minimum atomic E-state index is -0.122. The van der Waals surface area contributed by atoms with E-state index in [0.717, 1.165) is 12.8 Å². The van der Waals surface area contributed by atoms with Gasteiger partial charge in [0.2, 0.25) is 0 Å². The molecule has 0 bridgehead atoms. The monoisotopic (exact) mass is 316 g/mol. The summed E-state index contributed by atoms with van der Waals surface area (Å²) in [5, 5.41) is 0. The Hall–Kier alpha value is -2.11. The summed E-state index contributed by atoms with van der Waals surface area (Å²) in [5.41, 5.74) is 6.51. The van der Waals surface area contributed by atoms with E-state index in [1.54, 1.807) is 16.8 Å². The van der Waals surface area contributed by atoms with Gasteiger partial charge in [-0.3, -0.25) is 4.79 Å². The molecule has 1 aromatic carbocycles. The van der Waals surface area contributed by atoms with Gasteiger partial charge in [0, 0.05) is 19.3 Å². The first-order valence-electron chi connectivity index (χ1n) is 7.95. The number of ether oxygens (including phenoxy) is 2. The molecule has 1 heterocycles. The standard InChI is InChI=1S/C18H24N2O3/c19-10-14-22-15-12-20-11-4-9-17(18(20)21)23-13-5-8-16-6-2-1-3-7-16/h1-4,6-7,9,11H,5,8,10,12-15,19H2. The lowest BCUT2D eigenvalue weighted by molar-refractivity contribution is 0.132. The first-order valence-corrected chi connectivity index (χ1v) is 7.95. The van der Waals surface area contributed by atoms with Crippen molar-refractivity contribution in [2.24, 2.45) is 5.73 Å². The summed E-state index contributed by atoms with van der Waals surface area (Å²) in [6.45, 7) is 2.48. The molecule has 0 spiro atoms. The highest BCUT2D eigenvalue weighted by atomic mass is 16.5. The second-order valence-corrected chi connectivity index (χ2v) is 5.21. The van der Waals surface area contributed by atoms with E-state index in [2.05, 4.69) is 12.1 Å². The second kappa shape index (κ2) is 9.82. The maximum absolute atomic E-state index is 12.3.